The number of sulfone groups is 1. The smallest absolute Gasteiger partial charge is 0.180 e. The standard InChI is InChI=1S/C14H19N3O2S/c1-3-10-20(18,19)13-7-5-4-6-12(13)16-11-14-15-8-9-17(14)2/h4-9,16H,3,10-11H2,1-2H3. The molecule has 0 spiro atoms. The Morgan fingerprint density at radius 3 is 2.70 bits per heavy atom. The lowest BCUT2D eigenvalue weighted by Gasteiger charge is -2.12. The van der Waals surface area contributed by atoms with Gasteiger partial charge in [-0.1, -0.05) is 19.1 Å². The highest BCUT2D eigenvalue weighted by molar-refractivity contribution is 7.91. The molecular weight excluding hydrogens is 274 g/mol. The molecule has 1 aromatic carbocycles. The monoisotopic (exact) mass is 293 g/mol. The van der Waals surface area contributed by atoms with Gasteiger partial charge in [0.1, 0.15) is 5.82 Å². The summed E-state index contributed by atoms with van der Waals surface area (Å²) in [5.41, 5.74) is 0.629. The Labute approximate surface area is 119 Å². The molecule has 1 aromatic heterocycles. The summed E-state index contributed by atoms with van der Waals surface area (Å²) in [7, 11) is -1.33. The Kier molecular flexibility index (Phi) is 4.44. The molecule has 20 heavy (non-hydrogen) atoms. The van der Waals surface area contributed by atoms with Gasteiger partial charge in [-0.25, -0.2) is 13.4 Å². The van der Waals surface area contributed by atoms with Crippen LogP contribution >= 0.6 is 0 Å². The van der Waals surface area contributed by atoms with Crippen molar-refractivity contribution in [3.05, 3.63) is 42.5 Å². The van der Waals surface area contributed by atoms with Crippen molar-refractivity contribution in [2.45, 2.75) is 24.8 Å². The van der Waals surface area contributed by atoms with E-state index in [-0.39, 0.29) is 5.75 Å². The number of anilines is 1. The number of aryl methyl sites for hydroxylation is 1. The van der Waals surface area contributed by atoms with Crippen molar-refractivity contribution < 1.29 is 8.42 Å². The second-order valence-electron chi connectivity index (χ2n) is 4.62. The average molecular weight is 293 g/mol. The Hall–Kier alpha value is -1.82. The van der Waals surface area contributed by atoms with Gasteiger partial charge in [0.25, 0.3) is 0 Å². The molecule has 0 bridgehead atoms. The minimum atomic E-state index is -3.23. The molecule has 0 aliphatic carbocycles. The minimum Gasteiger partial charge on any atom is -0.377 e. The molecule has 0 fully saturated rings. The van der Waals surface area contributed by atoms with E-state index < -0.39 is 9.84 Å². The highest BCUT2D eigenvalue weighted by Crippen LogP contribution is 2.23. The Morgan fingerprint density at radius 2 is 2.05 bits per heavy atom. The van der Waals surface area contributed by atoms with Crippen molar-refractivity contribution in [3.8, 4) is 0 Å². The fourth-order valence-electron chi connectivity index (χ4n) is 2.00. The summed E-state index contributed by atoms with van der Waals surface area (Å²) in [5.74, 6) is 1.02. The summed E-state index contributed by atoms with van der Waals surface area (Å²) in [6.07, 6.45) is 4.18. The number of benzene rings is 1. The molecule has 1 N–H and O–H groups in total. The third-order valence-electron chi connectivity index (χ3n) is 3.05. The van der Waals surface area contributed by atoms with Gasteiger partial charge in [-0.15, -0.1) is 0 Å². The zero-order valence-corrected chi connectivity index (χ0v) is 12.5. The molecule has 0 unspecified atom stereocenters. The van der Waals surface area contributed by atoms with Gasteiger partial charge < -0.3 is 9.88 Å². The summed E-state index contributed by atoms with van der Waals surface area (Å²) in [4.78, 5) is 4.57. The van der Waals surface area contributed by atoms with Crippen molar-refractivity contribution in [1.82, 2.24) is 9.55 Å². The first-order chi connectivity index (χ1) is 9.54. The Morgan fingerprint density at radius 1 is 1.30 bits per heavy atom. The van der Waals surface area contributed by atoms with E-state index in [1.165, 1.54) is 0 Å². The number of hydrogen-bond donors (Lipinski definition) is 1. The maximum Gasteiger partial charge on any atom is 0.180 e. The van der Waals surface area contributed by atoms with Crippen molar-refractivity contribution in [2.24, 2.45) is 7.05 Å². The summed E-state index contributed by atoms with van der Waals surface area (Å²) in [5, 5.41) is 3.16. The van der Waals surface area contributed by atoms with Crippen LogP contribution in [-0.2, 0) is 23.4 Å². The van der Waals surface area contributed by atoms with Gasteiger partial charge in [-0.2, -0.15) is 0 Å². The van der Waals surface area contributed by atoms with E-state index in [2.05, 4.69) is 10.3 Å². The predicted molar refractivity (Wildman–Crippen MR) is 79.3 cm³/mol. The first-order valence-corrected chi connectivity index (χ1v) is 8.21. The third kappa shape index (κ3) is 3.19. The first kappa shape index (κ1) is 14.6. The molecule has 0 saturated heterocycles. The number of imidazole rings is 1. The molecule has 0 amide bonds. The van der Waals surface area contributed by atoms with E-state index in [0.717, 1.165) is 5.82 Å². The van der Waals surface area contributed by atoms with Crippen molar-refractivity contribution in [3.63, 3.8) is 0 Å². The van der Waals surface area contributed by atoms with Crippen LogP contribution < -0.4 is 5.32 Å². The molecule has 0 aliphatic rings. The quantitative estimate of drug-likeness (QED) is 0.887. The molecule has 0 aliphatic heterocycles. The first-order valence-electron chi connectivity index (χ1n) is 6.56. The van der Waals surface area contributed by atoms with Gasteiger partial charge in [0.2, 0.25) is 0 Å². The highest BCUT2D eigenvalue weighted by atomic mass is 32.2. The highest BCUT2D eigenvalue weighted by Gasteiger charge is 2.17. The van der Waals surface area contributed by atoms with Gasteiger partial charge >= 0.3 is 0 Å². The number of hydrogen-bond acceptors (Lipinski definition) is 4. The van der Waals surface area contributed by atoms with E-state index in [9.17, 15) is 8.42 Å². The largest absolute Gasteiger partial charge is 0.377 e. The van der Waals surface area contributed by atoms with Crippen LogP contribution in [0.25, 0.3) is 0 Å². The molecule has 108 valence electrons. The van der Waals surface area contributed by atoms with Gasteiger partial charge in [0.15, 0.2) is 9.84 Å². The SMILES string of the molecule is CCCS(=O)(=O)c1ccccc1NCc1nccn1C. The molecule has 0 atom stereocenters. The lowest BCUT2D eigenvalue weighted by Crippen LogP contribution is -2.11. The van der Waals surface area contributed by atoms with Gasteiger partial charge in [0.05, 0.1) is 22.9 Å². The van der Waals surface area contributed by atoms with E-state index in [1.54, 1.807) is 24.4 Å². The molecule has 2 rings (SSSR count). The van der Waals surface area contributed by atoms with Crippen LogP contribution in [0.1, 0.15) is 19.2 Å². The fraction of sp³-hybridized carbons (Fsp3) is 0.357. The Balaban J connectivity index is 2.23. The molecule has 6 heteroatoms. The molecule has 5 nitrogen and oxygen atoms in total. The number of rotatable bonds is 6. The second kappa shape index (κ2) is 6.09. The van der Waals surface area contributed by atoms with Crippen molar-refractivity contribution in [2.75, 3.05) is 11.1 Å². The van der Waals surface area contributed by atoms with Crippen molar-refractivity contribution >= 4 is 15.5 Å². The van der Waals surface area contributed by atoms with Crippen LogP contribution in [0.3, 0.4) is 0 Å². The summed E-state index contributed by atoms with van der Waals surface area (Å²) in [6, 6.07) is 7.00. The van der Waals surface area contributed by atoms with Gasteiger partial charge in [-0.05, 0) is 18.6 Å². The molecule has 0 radical (unpaired) electrons. The Bertz CT molecular complexity index is 677. The van der Waals surface area contributed by atoms with Crippen molar-refractivity contribution in [1.29, 1.82) is 0 Å². The topological polar surface area (TPSA) is 64.0 Å². The number of para-hydroxylation sites is 1. The summed E-state index contributed by atoms with van der Waals surface area (Å²) in [6.45, 7) is 2.35. The summed E-state index contributed by atoms with van der Waals surface area (Å²) < 4.78 is 26.3. The number of nitrogens with one attached hydrogen (secondary N) is 1. The van der Waals surface area contributed by atoms with Crippen LogP contribution in [-0.4, -0.2) is 23.7 Å². The van der Waals surface area contributed by atoms with Crippen LogP contribution in [0.2, 0.25) is 0 Å². The average Bonchev–Trinajstić information content (AvgIpc) is 2.82. The van der Waals surface area contributed by atoms with E-state index in [0.29, 0.717) is 23.5 Å². The van der Waals surface area contributed by atoms with E-state index in [4.69, 9.17) is 0 Å². The predicted octanol–water partition coefficient (Wildman–Crippen LogP) is 2.22. The zero-order chi connectivity index (χ0) is 14.6. The molecule has 0 saturated carbocycles. The van der Waals surface area contributed by atoms with Crippen LogP contribution in [0.15, 0.2) is 41.6 Å². The maximum absolute atomic E-state index is 12.2. The van der Waals surface area contributed by atoms with E-state index >= 15 is 0 Å². The minimum absolute atomic E-state index is 0.161. The maximum atomic E-state index is 12.2. The van der Waals surface area contributed by atoms with Crippen LogP contribution in [0, 0.1) is 0 Å². The van der Waals surface area contributed by atoms with Crippen LogP contribution in [0.4, 0.5) is 5.69 Å². The summed E-state index contributed by atoms with van der Waals surface area (Å²) >= 11 is 0. The van der Waals surface area contributed by atoms with Gasteiger partial charge in [-0.3, -0.25) is 0 Å². The van der Waals surface area contributed by atoms with Crippen LogP contribution in [0.5, 0.6) is 0 Å². The number of aromatic nitrogens is 2. The van der Waals surface area contributed by atoms with E-state index in [1.807, 2.05) is 30.8 Å². The third-order valence-corrected chi connectivity index (χ3v) is 5.02. The number of nitrogens with zero attached hydrogens (tertiary/aromatic N) is 2. The molecule has 2 aromatic rings. The molecular formula is C14H19N3O2S. The van der Waals surface area contributed by atoms with Gasteiger partial charge in [0, 0.05) is 19.4 Å². The fourth-order valence-corrected chi connectivity index (χ4v) is 3.52. The molecule has 1 heterocycles. The zero-order valence-electron chi connectivity index (χ0n) is 11.7. The lowest BCUT2D eigenvalue weighted by atomic mass is 10.3. The second-order valence-corrected chi connectivity index (χ2v) is 6.70. The normalized spacial score (nSPS) is 11.5. The lowest BCUT2D eigenvalue weighted by molar-refractivity contribution is 0.595.